The van der Waals surface area contributed by atoms with Crippen LogP contribution < -0.4 is 5.32 Å². The average Bonchev–Trinajstić information content (AvgIpc) is 2.68. The van der Waals surface area contributed by atoms with Gasteiger partial charge in [0.15, 0.2) is 0 Å². The van der Waals surface area contributed by atoms with Gasteiger partial charge in [0.2, 0.25) is 0 Å². The van der Waals surface area contributed by atoms with Gasteiger partial charge in [-0.05, 0) is 33.7 Å². The van der Waals surface area contributed by atoms with Gasteiger partial charge in [-0.15, -0.1) is 0 Å². The maximum absolute atomic E-state index is 12.3. The molecule has 0 aliphatic carbocycles. The Balaban J connectivity index is 2.04. The molecule has 2 saturated heterocycles. The van der Waals surface area contributed by atoms with Crippen molar-refractivity contribution in [1.82, 2.24) is 10.2 Å². The third-order valence-electron chi connectivity index (χ3n) is 3.35. The van der Waals surface area contributed by atoms with E-state index in [1.807, 2.05) is 20.8 Å². The van der Waals surface area contributed by atoms with Crippen LogP contribution in [0.5, 0.6) is 0 Å². The fraction of sp³-hybridized carbons (Fsp3) is 0.929. The molecule has 6 heteroatoms. The standard InChI is InChI=1S/C14H26N2O4/c1-13(2,3)20-12(17)16-6-8-18-11-14(10-16)9-15-5-4-7-19-14/h15H,4-11H2,1-3H3/t14-/m0/s1. The van der Waals surface area contributed by atoms with Crippen molar-refractivity contribution in [2.45, 2.75) is 38.4 Å². The lowest BCUT2D eigenvalue weighted by atomic mass is 10.1. The Labute approximate surface area is 120 Å². The number of hydrogen-bond acceptors (Lipinski definition) is 5. The van der Waals surface area contributed by atoms with Crippen molar-refractivity contribution in [3.63, 3.8) is 0 Å². The summed E-state index contributed by atoms with van der Waals surface area (Å²) in [6.07, 6.45) is 0.684. The van der Waals surface area contributed by atoms with E-state index < -0.39 is 11.2 Å². The Morgan fingerprint density at radius 1 is 1.35 bits per heavy atom. The molecule has 0 aromatic rings. The van der Waals surface area contributed by atoms with Crippen molar-refractivity contribution in [1.29, 1.82) is 0 Å². The lowest BCUT2D eigenvalue weighted by molar-refractivity contribution is -0.0833. The topological polar surface area (TPSA) is 60.0 Å². The molecule has 0 aromatic carbocycles. The number of carbonyl (C=O) groups is 1. The summed E-state index contributed by atoms with van der Waals surface area (Å²) in [6, 6.07) is 0. The van der Waals surface area contributed by atoms with E-state index in [9.17, 15) is 4.79 Å². The molecule has 116 valence electrons. The van der Waals surface area contributed by atoms with Gasteiger partial charge < -0.3 is 24.4 Å². The average molecular weight is 286 g/mol. The van der Waals surface area contributed by atoms with Crippen LogP contribution >= 0.6 is 0 Å². The van der Waals surface area contributed by atoms with Crippen LogP contribution in [0.15, 0.2) is 0 Å². The molecular formula is C14H26N2O4. The van der Waals surface area contributed by atoms with Crippen LogP contribution in [0.3, 0.4) is 0 Å². The first-order valence-electron chi connectivity index (χ1n) is 7.31. The number of hydrogen-bond donors (Lipinski definition) is 1. The van der Waals surface area contributed by atoms with Crippen molar-refractivity contribution in [3.05, 3.63) is 0 Å². The monoisotopic (exact) mass is 286 g/mol. The second kappa shape index (κ2) is 6.28. The number of amides is 1. The Kier molecular flexibility index (Phi) is 4.88. The van der Waals surface area contributed by atoms with E-state index in [1.165, 1.54) is 0 Å². The number of ether oxygens (including phenoxy) is 3. The molecule has 6 nitrogen and oxygen atoms in total. The van der Waals surface area contributed by atoms with E-state index in [0.29, 0.717) is 39.5 Å². The molecule has 20 heavy (non-hydrogen) atoms. The highest BCUT2D eigenvalue weighted by Gasteiger charge is 2.39. The summed E-state index contributed by atoms with van der Waals surface area (Å²) in [6.45, 7) is 10.0. The summed E-state index contributed by atoms with van der Waals surface area (Å²) < 4.78 is 17.1. The lowest BCUT2D eigenvalue weighted by Gasteiger charge is -2.34. The molecule has 0 saturated carbocycles. The molecule has 2 aliphatic rings. The van der Waals surface area contributed by atoms with E-state index in [1.54, 1.807) is 4.90 Å². The maximum atomic E-state index is 12.3. The summed E-state index contributed by atoms with van der Waals surface area (Å²) in [7, 11) is 0. The van der Waals surface area contributed by atoms with Crippen LogP contribution in [-0.2, 0) is 14.2 Å². The molecular weight excluding hydrogens is 260 g/mol. The smallest absolute Gasteiger partial charge is 0.410 e. The van der Waals surface area contributed by atoms with Crippen LogP contribution in [0.1, 0.15) is 27.2 Å². The van der Waals surface area contributed by atoms with Gasteiger partial charge in [0.25, 0.3) is 0 Å². The first-order chi connectivity index (χ1) is 9.40. The van der Waals surface area contributed by atoms with Crippen molar-refractivity contribution >= 4 is 6.09 Å². The molecule has 1 amide bonds. The second-order valence-corrected chi connectivity index (χ2v) is 6.52. The van der Waals surface area contributed by atoms with Gasteiger partial charge in [-0.2, -0.15) is 0 Å². The number of nitrogens with zero attached hydrogens (tertiary/aromatic N) is 1. The molecule has 2 fully saturated rings. The van der Waals surface area contributed by atoms with Crippen LogP contribution in [0.4, 0.5) is 4.79 Å². The largest absolute Gasteiger partial charge is 0.444 e. The molecule has 0 unspecified atom stereocenters. The first-order valence-corrected chi connectivity index (χ1v) is 7.31. The summed E-state index contributed by atoms with van der Waals surface area (Å²) in [5.74, 6) is 0. The SMILES string of the molecule is CC(C)(C)OC(=O)N1CCOC[C@]2(CNCCCO2)C1. The van der Waals surface area contributed by atoms with E-state index in [2.05, 4.69) is 5.32 Å². The number of carbonyl (C=O) groups excluding carboxylic acids is 1. The van der Waals surface area contributed by atoms with Crippen LogP contribution in [0.25, 0.3) is 0 Å². The molecule has 2 aliphatic heterocycles. The normalized spacial score (nSPS) is 28.9. The van der Waals surface area contributed by atoms with Gasteiger partial charge in [0.1, 0.15) is 11.2 Å². The third kappa shape index (κ3) is 4.33. The zero-order valence-corrected chi connectivity index (χ0v) is 12.7. The van der Waals surface area contributed by atoms with Gasteiger partial charge in [-0.25, -0.2) is 4.79 Å². The fourth-order valence-electron chi connectivity index (χ4n) is 2.44. The third-order valence-corrected chi connectivity index (χ3v) is 3.35. The van der Waals surface area contributed by atoms with Crippen molar-refractivity contribution < 1.29 is 19.0 Å². The minimum atomic E-state index is -0.486. The highest BCUT2D eigenvalue weighted by atomic mass is 16.6. The highest BCUT2D eigenvalue weighted by Crippen LogP contribution is 2.20. The molecule has 2 heterocycles. The maximum Gasteiger partial charge on any atom is 0.410 e. The van der Waals surface area contributed by atoms with E-state index in [4.69, 9.17) is 14.2 Å². The van der Waals surface area contributed by atoms with Crippen LogP contribution in [0, 0.1) is 0 Å². The fourth-order valence-corrected chi connectivity index (χ4v) is 2.44. The van der Waals surface area contributed by atoms with Crippen molar-refractivity contribution in [2.75, 3.05) is 46.0 Å². The van der Waals surface area contributed by atoms with Crippen LogP contribution in [-0.4, -0.2) is 68.2 Å². The van der Waals surface area contributed by atoms with Gasteiger partial charge in [-0.3, -0.25) is 0 Å². The van der Waals surface area contributed by atoms with Gasteiger partial charge in [0.05, 0.1) is 19.8 Å². The lowest BCUT2D eigenvalue weighted by Crippen LogP contribution is -2.53. The van der Waals surface area contributed by atoms with Crippen molar-refractivity contribution in [3.8, 4) is 0 Å². The molecule has 1 spiro atoms. The highest BCUT2D eigenvalue weighted by molar-refractivity contribution is 5.68. The minimum absolute atomic E-state index is 0.296. The second-order valence-electron chi connectivity index (χ2n) is 6.52. The molecule has 2 rings (SSSR count). The molecule has 0 radical (unpaired) electrons. The Morgan fingerprint density at radius 3 is 2.90 bits per heavy atom. The van der Waals surface area contributed by atoms with Crippen LogP contribution in [0.2, 0.25) is 0 Å². The molecule has 0 aromatic heterocycles. The molecule has 1 atom stereocenters. The zero-order chi connectivity index (χ0) is 14.6. The molecule has 1 N–H and O–H groups in total. The predicted octanol–water partition coefficient (Wildman–Crippen LogP) is 1.00. The van der Waals surface area contributed by atoms with E-state index in [0.717, 1.165) is 13.0 Å². The van der Waals surface area contributed by atoms with Gasteiger partial charge >= 0.3 is 6.09 Å². The Bertz CT molecular complexity index is 327. The summed E-state index contributed by atoms with van der Waals surface area (Å²) in [4.78, 5) is 14.0. The quantitative estimate of drug-likeness (QED) is 0.720. The van der Waals surface area contributed by atoms with E-state index >= 15 is 0 Å². The summed E-state index contributed by atoms with van der Waals surface area (Å²) in [5, 5.41) is 3.36. The van der Waals surface area contributed by atoms with Gasteiger partial charge in [0, 0.05) is 19.7 Å². The first kappa shape index (κ1) is 15.5. The molecule has 0 bridgehead atoms. The van der Waals surface area contributed by atoms with E-state index in [-0.39, 0.29) is 6.09 Å². The summed E-state index contributed by atoms with van der Waals surface area (Å²) in [5.41, 5.74) is -0.941. The van der Waals surface area contributed by atoms with Crippen molar-refractivity contribution in [2.24, 2.45) is 0 Å². The Morgan fingerprint density at radius 2 is 2.15 bits per heavy atom. The number of rotatable bonds is 0. The van der Waals surface area contributed by atoms with Gasteiger partial charge in [-0.1, -0.05) is 0 Å². The number of nitrogens with one attached hydrogen (secondary N) is 1. The Hall–Kier alpha value is -0.850. The zero-order valence-electron chi connectivity index (χ0n) is 12.7. The summed E-state index contributed by atoms with van der Waals surface area (Å²) >= 11 is 0. The minimum Gasteiger partial charge on any atom is -0.444 e. The predicted molar refractivity (Wildman–Crippen MR) is 74.8 cm³/mol.